The fourth-order valence-electron chi connectivity index (χ4n) is 10.9. The average molecular weight is 1300 g/mol. The number of hydrogen-bond donors (Lipinski definition) is 1. The summed E-state index contributed by atoms with van der Waals surface area (Å²) < 4.78 is 23.0. The van der Waals surface area contributed by atoms with Crippen molar-refractivity contribution in [3.05, 3.63) is 122 Å². The summed E-state index contributed by atoms with van der Waals surface area (Å²) >= 11 is 0. The maximum atomic E-state index is 13.0. The Labute approximate surface area is 574 Å². The predicted molar refractivity (Wildman–Crippen MR) is 401 cm³/mol. The van der Waals surface area contributed by atoms with Crippen molar-refractivity contribution in [2.45, 2.75) is 347 Å². The first-order valence-electron chi connectivity index (χ1n) is 38.7. The van der Waals surface area contributed by atoms with E-state index >= 15 is 0 Å². The highest BCUT2D eigenvalue weighted by Gasteiger charge is 2.25. The van der Waals surface area contributed by atoms with Crippen molar-refractivity contribution in [2.75, 3.05) is 47.5 Å². The predicted octanol–water partition coefficient (Wildman–Crippen LogP) is 24.7. The van der Waals surface area contributed by atoms with Gasteiger partial charge in [-0.3, -0.25) is 9.59 Å². The number of esters is 2. The number of likely N-dealkylation sites (N-methyl/N-ethyl adjacent to an activating group) is 1. The number of carboxylic acids is 1. The van der Waals surface area contributed by atoms with Crippen molar-refractivity contribution in [1.82, 2.24) is 0 Å². The van der Waals surface area contributed by atoms with E-state index in [1.807, 2.05) is 21.1 Å². The summed E-state index contributed by atoms with van der Waals surface area (Å²) in [5.74, 6) is -1.99. The molecule has 1 N–H and O–H groups in total. The highest BCUT2D eigenvalue weighted by atomic mass is 16.7. The van der Waals surface area contributed by atoms with Crippen LogP contribution in [0.4, 0.5) is 0 Å². The van der Waals surface area contributed by atoms with Gasteiger partial charge in [0.1, 0.15) is 13.2 Å². The number of rotatable bonds is 71. The van der Waals surface area contributed by atoms with Crippen LogP contribution in [0.3, 0.4) is 0 Å². The second kappa shape index (κ2) is 73.5. The molecule has 0 rings (SSSR count). The van der Waals surface area contributed by atoms with Crippen molar-refractivity contribution in [3.8, 4) is 0 Å². The number of allylic oxidation sites excluding steroid dienone is 20. The number of ether oxygens (including phenoxy) is 4. The lowest BCUT2D eigenvalue weighted by Crippen LogP contribution is -2.40. The number of nitrogens with zero attached hydrogens (tertiary/aromatic N) is 1. The van der Waals surface area contributed by atoms with Crippen LogP contribution in [-0.4, -0.2) is 87.4 Å². The molecule has 2 atom stereocenters. The third-order valence-electron chi connectivity index (χ3n) is 16.7. The molecule has 0 aromatic carbocycles. The van der Waals surface area contributed by atoms with Gasteiger partial charge in [-0.25, -0.2) is 4.79 Å². The van der Waals surface area contributed by atoms with Crippen LogP contribution in [0.1, 0.15) is 335 Å². The molecule has 0 aromatic rings. The Hall–Kier alpha value is -4.31. The second-order valence-electron chi connectivity index (χ2n) is 26.9. The first-order chi connectivity index (χ1) is 45.6. The summed E-state index contributed by atoms with van der Waals surface area (Å²) in [5, 5.41) is 9.77. The molecule has 93 heavy (non-hydrogen) atoms. The molecule has 0 radical (unpaired) electrons. The van der Waals surface area contributed by atoms with E-state index in [2.05, 4.69) is 135 Å². The molecule has 0 aromatic heterocycles. The van der Waals surface area contributed by atoms with Crippen molar-refractivity contribution >= 4 is 17.9 Å². The molecular weight excluding hydrogens is 1150 g/mol. The van der Waals surface area contributed by atoms with Crippen LogP contribution < -0.4 is 0 Å². The molecule has 9 nitrogen and oxygen atoms in total. The van der Waals surface area contributed by atoms with Gasteiger partial charge in [0, 0.05) is 12.8 Å². The van der Waals surface area contributed by atoms with Crippen LogP contribution in [0.25, 0.3) is 0 Å². The molecule has 0 saturated heterocycles. The van der Waals surface area contributed by atoms with Gasteiger partial charge in [-0.2, -0.15) is 0 Å². The Bertz CT molecular complexity index is 1950. The Kier molecular flexibility index (Phi) is 70.1. The number of hydrogen-bond acceptors (Lipinski definition) is 7. The van der Waals surface area contributed by atoms with Gasteiger partial charge in [-0.1, -0.05) is 341 Å². The van der Waals surface area contributed by atoms with Crippen LogP contribution >= 0.6 is 0 Å². The van der Waals surface area contributed by atoms with Gasteiger partial charge in [0.25, 0.3) is 6.29 Å². The summed E-state index contributed by atoms with van der Waals surface area (Å²) in [5.41, 5.74) is 0. The van der Waals surface area contributed by atoms with Crippen LogP contribution in [-0.2, 0) is 33.3 Å². The van der Waals surface area contributed by atoms with Gasteiger partial charge in [-0.05, 0) is 103 Å². The van der Waals surface area contributed by atoms with Crippen LogP contribution in [0, 0.1) is 0 Å². The second-order valence-corrected chi connectivity index (χ2v) is 26.9. The SMILES string of the molecule is CC/C=C\C/C=C\C/C=C\C/C=C\C/C=C\C/C=C\CCCCCCCCCCCCCCCCCCCCCCCCC(=O)OC(COC(=O)CCCCCCCCCCCCCCCC/C=C\C/C=C\C/C=C\C/C=C\CC)COC(OCC[N+](C)(C)C)C(=O)O. The summed E-state index contributed by atoms with van der Waals surface area (Å²) in [6, 6.07) is 0. The van der Waals surface area contributed by atoms with Gasteiger partial charge in [0.15, 0.2) is 6.10 Å². The van der Waals surface area contributed by atoms with E-state index in [9.17, 15) is 19.5 Å². The minimum Gasteiger partial charge on any atom is -0.477 e. The number of carbonyl (C=O) groups is 3. The van der Waals surface area contributed by atoms with E-state index in [1.54, 1.807) is 0 Å². The van der Waals surface area contributed by atoms with Crippen LogP contribution in [0.2, 0.25) is 0 Å². The summed E-state index contributed by atoms with van der Waals surface area (Å²) in [6.07, 6.45) is 102. The van der Waals surface area contributed by atoms with Crippen molar-refractivity contribution in [2.24, 2.45) is 0 Å². The number of carbonyl (C=O) groups excluding carboxylic acids is 2. The lowest BCUT2D eigenvalue weighted by Gasteiger charge is -2.25. The molecule has 0 bridgehead atoms. The standard InChI is InChI=1S/C84H145NO8/c1-6-8-10-12-14-16-18-20-22-24-26-28-30-32-34-35-36-37-38-39-40-41-42-43-44-45-46-47-49-51-53-55-57-59-61-63-65-67-69-71-73-75-82(87)93-80(79-92-84(83(88)89)90-77-76-85(3,4)5)78-91-81(86)74-72-70-68-66-64-62-60-58-56-54-52-50-48-33-31-29-27-25-23-21-19-17-15-13-11-9-7-2/h8-11,14-17,20-23,26-29,32,34,36-37,80,84H,6-7,12-13,18-19,24-25,30-31,33,35,38-79H2,1-5H3/p+1/b10-8-,11-9-,16-14-,17-15-,22-20-,23-21-,28-26-,29-27-,34-32-,37-36-. The lowest BCUT2D eigenvalue weighted by atomic mass is 10.0. The van der Waals surface area contributed by atoms with E-state index in [-0.39, 0.29) is 32.2 Å². The fourth-order valence-corrected chi connectivity index (χ4v) is 10.9. The third-order valence-corrected chi connectivity index (χ3v) is 16.7. The van der Waals surface area contributed by atoms with Gasteiger partial charge in [-0.15, -0.1) is 0 Å². The smallest absolute Gasteiger partial charge is 0.361 e. The zero-order valence-electron chi connectivity index (χ0n) is 61.1. The maximum Gasteiger partial charge on any atom is 0.361 e. The lowest BCUT2D eigenvalue weighted by molar-refractivity contribution is -0.870. The molecule has 0 aliphatic heterocycles. The largest absolute Gasteiger partial charge is 0.477 e. The van der Waals surface area contributed by atoms with Crippen molar-refractivity contribution in [1.29, 1.82) is 0 Å². The fraction of sp³-hybridized carbons (Fsp3) is 0.726. The Morgan fingerprint density at radius 1 is 0.323 bits per heavy atom. The Morgan fingerprint density at radius 2 is 0.581 bits per heavy atom. The molecule has 9 heteroatoms. The highest BCUT2D eigenvalue weighted by Crippen LogP contribution is 2.18. The topological polar surface area (TPSA) is 108 Å². The summed E-state index contributed by atoms with van der Waals surface area (Å²) in [7, 11) is 5.99. The number of unbranched alkanes of at least 4 members (excludes halogenated alkanes) is 36. The molecule has 0 aliphatic carbocycles. The van der Waals surface area contributed by atoms with Crippen LogP contribution in [0.15, 0.2) is 122 Å². The number of quaternary nitrogens is 1. The minimum atomic E-state index is -1.51. The quantitative estimate of drug-likeness (QED) is 0.0211. The first-order valence-corrected chi connectivity index (χ1v) is 38.7. The van der Waals surface area contributed by atoms with Gasteiger partial charge in [0.2, 0.25) is 0 Å². The maximum absolute atomic E-state index is 13.0. The third kappa shape index (κ3) is 74.9. The molecule has 0 saturated carbocycles. The van der Waals surface area contributed by atoms with E-state index in [1.165, 1.54) is 205 Å². The molecule has 0 fully saturated rings. The molecule has 0 spiro atoms. The minimum absolute atomic E-state index is 0.183. The van der Waals surface area contributed by atoms with Crippen LogP contribution in [0.5, 0.6) is 0 Å². The van der Waals surface area contributed by atoms with Gasteiger partial charge >= 0.3 is 17.9 Å². The van der Waals surface area contributed by atoms with E-state index < -0.39 is 24.3 Å². The normalized spacial score (nSPS) is 13.3. The molecular formula is C84H146NO8+. The monoisotopic (exact) mass is 1300 g/mol. The Morgan fingerprint density at radius 3 is 0.860 bits per heavy atom. The van der Waals surface area contributed by atoms with E-state index in [4.69, 9.17) is 18.9 Å². The molecule has 0 aliphatic rings. The molecule has 0 heterocycles. The molecule has 0 amide bonds. The zero-order valence-corrected chi connectivity index (χ0v) is 61.1. The molecule has 2 unspecified atom stereocenters. The molecule has 534 valence electrons. The number of aliphatic carboxylic acids is 1. The van der Waals surface area contributed by atoms with Gasteiger partial charge in [0.05, 0.1) is 34.4 Å². The summed E-state index contributed by atoms with van der Waals surface area (Å²) in [4.78, 5) is 37.7. The van der Waals surface area contributed by atoms with Crippen molar-refractivity contribution in [3.63, 3.8) is 0 Å². The highest BCUT2D eigenvalue weighted by molar-refractivity contribution is 5.71. The van der Waals surface area contributed by atoms with E-state index in [0.29, 0.717) is 17.4 Å². The van der Waals surface area contributed by atoms with E-state index in [0.717, 1.165) is 103 Å². The number of carboxylic acid groups (broad SMARTS) is 1. The average Bonchev–Trinajstić information content (AvgIpc) is 3.38. The Balaban J connectivity index is 4.00. The zero-order chi connectivity index (χ0) is 67.5. The summed E-state index contributed by atoms with van der Waals surface area (Å²) in [6.45, 7) is 4.68. The van der Waals surface area contributed by atoms with Gasteiger partial charge < -0.3 is 28.5 Å². The van der Waals surface area contributed by atoms with Crippen molar-refractivity contribution < 1.29 is 42.9 Å². The first kappa shape index (κ1) is 88.7.